The minimum Gasteiger partial charge on any atom is -0.497 e. The molecule has 0 unspecified atom stereocenters. The maximum atomic E-state index is 13.4. The number of carbonyl (C=O) groups is 1. The number of benzene rings is 2. The molecule has 104 valence electrons. The first kappa shape index (κ1) is 13.9. The lowest BCUT2D eigenvalue weighted by Crippen LogP contribution is -2.14. The topological polar surface area (TPSA) is 64.3 Å². The first-order chi connectivity index (χ1) is 9.51. The van der Waals surface area contributed by atoms with E-state index in [2.05, 4.69) is 5.32 Å². The minimum atomic E-state index is -0.412. The van der Waals surface area contributed by atoms with Gasteiger partial charge in [0.05, 0.1) is 12.7 Å². The molecule has 2 aromatic rings. The van der Waals surface area contributed by atoms with Crippen LogP contribution in [0.15, 0.2) is 36.4 Å². The minimum absolute atomic E-state index is 0.283. The average molecular weight is 274 g/mol. The number of halogens is 1. The zero-order chi connectivity index (χ0) is 14.7. The normalized spacial score (nSPS) is 10.2. The van der Waals surface area contributed by atoms with Gasteiger partial charge in [0.2, 0.25) is 0 Å². The fourth-order valence-corrected chi connectivity index (χ4v) is 1.73. The predicted octanol–water partition coefficient (Wildman–Crippen LogP) is 2.98. The lowest BCUT2D eigenvalue weighted by molar-refractivity contribution is 0.102. The van der Waals surface area contributed by atoms with Crippen molar-refractivity contribution in [2.75, 3.05) is 18.2 Å². The maximum absolute atomic E-state index is 13.4. The number of nitrogens with one attached hydrogen (secondary N) is 1. The molecule has 4 nitrogen and oxygen atoms in total. The Labute approximate surface area is 116 Å². The van der Waals surface area contributed by atoms with Crippen LogP contribution in [0.25, 0.3) is 0 Å². The van der Waals surface area contributed by atoms with Crippen molar-refractivity contribution < 1.29 is 13.9 Å². The molecular weight excluding hydrogens is 259 g/mol. The summed E-state index contributed by atoms with van der Waals surface area (Å²) in [4.78, 5) is 12.1. The van der Waals surface area contributed by atoms with Gasteiger partial charge in [0.1, 0.15) is 11.6 Å². The fourth-order valence-electron chi connectivity index (χ4n) is 1.73. The Hall–Kier alpha value is -2.56. The third-order valence-electron chi connectivity index (χ3n) is 2.93. The van der Waals surface area contributed by atoms with Crippen LogP contribution in [0.3, 0.4) is 0 Å². The van der Waals surface area contributed by atoms with Crippen molar-refractivity contribution in [1.29, 1.82) is 0 Å². The highest BCUT2D eigenvalue weighted by atomic mass is 19.1. The van der Waals surface area contributed by atoms with E-state index in [1.165, 1.54) is 19.2 Å². The number of hydrogen-bond acceptors (Lipinski definition) is 3. The Kier molecular flexibility index (Phi) is 3.89. The van der Waals surface area contributed by atoms with Crippen LogP contribution in [0.4, 0.5) is 15.8 Å². The van der Waals surface area contributed by atoms with E-state index < -0.39 is 5.91 Å². The molecule has 0 spiro atoms. The number of anilines is 2. The summed E-state index contributed by atoms with van der Waals surface area (Å²) < 4.78 is 18.5. The van der Waals surface area contributed by atoms with Crippen LogP contribution in [0.1, 0.15) is 15.9 Å². The highest BCUT2D eigenvalue weighted by Gasteiger charge is 2.12. The Morgan fingerprint density at radius 2 is 2.00 bits per heavy atom. The number of rotatable bonds is 3. The number of ether oxygens (including phenoxy) is 1. The van der Waals surface area contributed by atoms with Crippen LogP contribution < -0.4 is 15.8 Å². The van der Waals surface area contributed by atoms with Gasteiger partial charge in [-0.2, -0.15) is 0 Å². The lowest BCUT2D eigenvalue weighted by atomic mass is 10.1. The second-order valence-corrected chi connectivity index (χ2v) is 4.37. The predicted molar refractivity (Wildman–Crippen MR) is 76.5 cm³/mol. The summed E-state index contributed by atoms with van der Waals surface area (Å²) in [6, 6.07) is 9.28. The largest absolute Gasteiger partial charge is 0.497 e. The van der Waals surface area contributed by atoms with Crippen molar-refractivity contribution in [3.63, 3.8) is 0 Å². The van der Waals surface area contributed by atoms with Crippen LogP contribution in [-0.2, 0) is 0 Å². The molecule has 2 aromatic carbocycles. The third-order valence-corrected chi connectivity index (χ3v) is 2.93. The molecule has 2 rings (SSSR count). The van der Waals surface area contributed by atoms with Gasteiger partial charge in [-0.05, 0) is 42.8 Å². The average Bonchev–Trinajstić information content (AvgIpc) is 2.43. The van der Waals surface area contributed by atoms with E-state index >= 15 is 0 Å². The standard InChI is InChI=1S/C15H15FN2O2/c1-9-3-4-10(7-13(9)16)18-15(19)12-8-11(20-2)5-6-14(12)17/h3-8H,17H2,1-2H3,(H,18,19). The number of hydrogen-bond donors (Lipinski definition) is 2. The number of nitrogens with two attached hydrogens (primary N) is 1. The first-order valence-corrected chi connectivity index (χ1v) is 6.02. The van der Waals surface area contributed by atoms with Crippen molar-refractivity contribution in [3.8, 4) is 5.75 Å². The van der Waals surface area contributed by atoms with E-state index in [-0.39, 0.29) is 11.4 Å². The van der Waals surface area contributed by atoms with E-state index in [1.807, 2.05) is 0 Å². The molecule has 0 radical (unpaired) electrons. The van der Waals surface area contributed by atoms with E-state index in [0.717, 1.165) is 0 Å². The molecule has 0 aliphatic heterocycles. The number of aryl methyl sites for hydroxylation is 1. The molecule has 0 atom stereocenters. The molecule has 20 heavy (non-hydrogen) atoms. The van der Waals surface area contributed by atoms with Gasteiger partial charge in [-0.3, -0.25) is 4.79 Å². The highest BCUT2D eigenvalue weighted by Crippen LogP contribution is 2.21. The molecule has 0 bridgehead atoms. The van der Waals surface area contributed by atoms with Crippen molar-refractivity contribution in [3.05, 3.63) is 53.3 Å². The number of nitrogen functional groups attached to an aromatic ring is 1. The van der Waals surface area contributed by atoms with Gasteiger partial charge in [0, 0.05) is 11.4 Å². The summed E-state index contributed by atoms with van der Waals surface area (Å²) >= 11 is 0. The van der Waals surface area contributed by atoms with Crippen molar-refractivity contribution in [2.45, 2.75) is 6.92 Å². The Morgan fingerprint density at radius 3 is 2.65 bits per heavy atom. The molecule has 0 aliphatic carbocycles. The molecular formula is C15H15FN2O2. The molecule has 0 aliphatic rings. The summed E-state index contributed by atoms with van der Waals surface area (Å²) in [7, 11) is 1.50. The first-order valence-electron chi connectivity index (χ1n) is 6.02. The third kappa shape index (κ3) is 2.88. The summed E-state index contributed by atoms with van der Waals surface area (Å²) in [5, 5.41) is 2.60. The maximum Gasteiger partial charge on any atom is 0.257 e. The number of carbonyl (C=O) groups excluding carboxylic acids is 1. The van der Waals surface area contributed by atoms with Gasteiger partial charge in [-0.15, -0.1) is 0 Å². The van der Waals surface area contributed by atoms with Gasteiger partial charge in [-0.25, -0.2) is 4.39 Å². The second kappa shape index (κ2) is 5.61. The van der Waals surface area contributed by atoms with Crippen LogP contribution >= 0.6 is 0 Å². The van der Waals surface area contributed by atoms with E-state index in [4.69, 9.17) is 10.5 Å². The molecule has 0 saturated heterocycles. The molecule has 0 heterocycles. The van der Waals surface area contributed by atoms with E-state index in [0.29, 0.717) is 22.7 Å². The summed E-state index contributed by atoms with van der Waals surface area (Å²) in [6.45, 7) is 1.65. The molecule has 5 heteroatoms. The molecule has 0 aromatic heterocycles. The molecule has 0 saturated carbocycles. The highest BCUT2D eigenvalue weighted by molar-refractivity contribution is 6.08. The van der Waals surface area contributed by atoms with Crippen molar-refractivity contribution >= 4 is 17.3 Å². The second-order valence-electron chi connectivity index (χ2n) is 4.37. The van der Waals surface area contributed by atoms with E-state index in [1.54, 1.807) is 31.2 Å². The van der Waals surface area contributed by atoms with Crippen molar-refractivity contribution in [2.24, 2.45) is 0 Å². The van der Waals surface area contributed by atoms with Crippen LogP contribution in [0.2, 0.25) is 0 Å². The summed E-state index contributed by atoms with van der Waals surface area (Å²) in [5.41, 5.74) is 7.27. The fraction of sp³-hybridized carbons (Fsp3) is 0.133. The Balaban J connectivity index is 2.25. The van der Waals surface area contributed by atoms with Gasteiger partial charge < -0.3 is 15.8 Å². The van der Waals surface area contributed by atoms with Gasteiger partial charge in [0.15, 0.2) is 0 Å². The van der Waals surface area contributed by atoms with E-state index in [9.17, 15) is 9.18 Å². The van der Waals surface area contributed by atoms with Gasteiger partial charge in [-0.1, -0.05) is 6.07 Å². The quantitative estimate of drug-likeness (QED) is 0.846. The number of methoxy groups -OCH3 is 1. The Bertz CT molecular complexity index is 656. The van der Waals surface area contributed by atoms with Gasteiger partial charge in [0.25, 0.3) is 5.91 Å². The van der Waals surface area contributed by atoms with Crippen molar-refractivity contribution in [1.82, 2.24) is 0 Å². The van der Waals surface area contributed by atoms with Gasteiger partial charge >= 0.3 is 0 Å². The lowest BCUT2D eigenvalue weighted by Gasteiger charge is -2.09. The van der Waals surface area contributed by atoms with Crippen LogP contribution in [0, 0.1) is 12.7 Å². The zero-order valence-electron chi connectivity index (χ0n) is 11.2. The van der Waals surface area contributed by atoms with Crippen LogP contribution in [0.5, 0.6) is 5.75 Å². The summed E-state index contributed by atoms with van der Waals surface area (Å²) in [6.07, 6.45) is 0. The summed E-state index contributed by atoms with van der Waals surface area (Å²) in [5.74, 6) is -0.259. The molecule has 3 N–H and O–H groups in total. The monoisotopic (exact) mass is 274 g/mol. The number of amides is 1. The smallest absolute Gasteiger partial charge is 0.257 e. The van der Waals surface area contributed by atoms with Crippen LogP contribution in [-0.4, -0.2) is 13.0 Å². The Morgan fingerprint density at radius 1 is 1.25 bits per heavy atom. The SMILES string of the molecule is COc1ccc(N)c(C(=O)Nc2ccc(C)c(F)c2)c1. The molecule has 1 amide bonds. The molecule has 0 fully saturated rings. The zero-order valence-corrected chi connectivity index (χ0v) is 11.2.